The van der Waals surface area contributed by atoms with E-state index in [-0.39, 0.29) is 5.91 Å². The summed E-state index contributed by atoms with van der Waals surface area (Å²) >= 11 is 6.03. The molecule has 0 aliphatic carbocycles. The minimum atomic E-state index is -0.457. The quantitative estimate of drug-likeness (QED) is 0.696. The molecule has 22 heavy (non-hydrogen) atoms. The fourth-order valence-electron chi connectivity index (χ4n) is 2.05. The molecule has 0 saturated heterocycles. The lowest BCUT2D eigenvalue weighted by Gasteiger charge is -2.00. The molecule has 0 saturated carbocycles. The van der Waals surface area contributed by atoms with Gasteiger partial charge in [-0.15, -0.1) is 0 Å². The monoisotopic (exact) mass is 319 g/mol. The predicted octanol–water partition coefficient (Wildman–Crippen LogP) is 3.52. The number of ether oxygens (including phenoxy) is 1. The first kappa shape index (κ1) is 15.9. The van der Waals surface area contributed by atoms with E-state index in [2.05, 4.69) is 5.73 Å². The van der Waals surface area contributed by atoms with E-state index < -0.39 is 5.97 Å². The van der Waals surface area contributed by atoms with Gasteiger partial charge in [-0.1, -0.05) is 29.8 Å². The van der Waals surface area contributed by atoms with Crippen LogP contribution in [0.4, 0.5) is 0 Å². The Bertz CT molecular complexity index is 850. The summed E-state index contributed by atoms with van der Waals surface area (Å²) in [4.78, 5) is 20.9. The number of amides is 1. The first-order valence-electron chi connectivity index (χ1n) is 6.39. The van der Waals surface area contributed by atoms with Gasteiger partial charge in [0.1, 0.15) is 16.7 Å². The van der Waals surface area contributed by atoms with E-state index in [1.54, 1.807) is 12.1 Å². The number of benzene rings is 2. The van der Waals surface area contributed by atoms with E-state index in [0.29, 0.717) is 16.2 Å². The Kier molecular flexibility index (Phi) is 4.68. The summed E-state index contributed by atoms with van der Waals surface area (Å²) in [5, 5.41) is 2.23. The zero-order valence-electron chi connectivity index (χ0n) is 12.1. The average molecular weight is 320 g/mol. The third-order valence-corrected chi connectivity index (χ3v) is 3.07. The lowest BCUT2D eigenvalue weighted by Crippen LogP contribution is -2.01. The number of furan rings is 1. The van der Waals surface area contributed by atoms with Crippen molar-refractivity contribution < 1.29 is 18.7 Å². The van der Waals surface area contributed by atoms with Crippen molar-refractivity contribution in [2.75, 3.05) is 7.11 Å². The number of carbonyl (C=O) groups excluding carboxylic acids is 2. The van der Waals surface area contributed by atoms with Crippen LogP contribution in [0.15, 0.2) is 40.8 Å². The number of para-hydroxylation sites is 1. The first-order valence-corrected chi connectivity index (χ1v) is 6.77. The van der Waals surface area contributed by atoms with Crippen molar-refractivity contribution in [1.82, 2.24) is 0 Å². The minimum absolute atomic E-state index is 0.333. The number of methoxy groups -OCH3 is 1. The normalized spacial score (nSPS) is 10.1. The van der Waals surface area contributed by atoms with Gasteiger partial charge in [0.2, 0.25) is 5.91 Å². The van der Waals surface area contributed by atoms with Gasteiger partial charge in [-0.2, -0.15) is 0 Å². The molecule has 0 bridgehead atoms. The van der Waals surface area contributed by atoms with Gasteiger partial charge in [-0.05, 0) is 18.2 Å². The van der Waals surface area contributed by atoms with Gasteiger partial charge in [0.25, 0.3) is 0 Å². The summed E-state index contributed by atoms with van der Waals surface area (Å²) in [6.07, 6.45) is 0. The van der Waals surface area contributed by atoms with Crippen LogP contribution >= 0.6 is 11.6 Å². The van der Waals surface area contributed by atoms with Crippen LogP contribution in [0.5, 0.6) is 0 Å². The fourth-order valence-corrected chi connectivity index (χ4v) is 2.27. The maximum Gasteiger partial charge on any atom is 0.341 e. The van der Waals surface area contributed by atoms with Gasteiger partial charge < -0.3 is 14.9 Å². The SMILES string of the molecule is CC(N)=O.COC(=O)c1cc(Cl)cc2c1oc1ccccc12. The molecule has 5 nitrogen and oxygen atoms in total. The van der Waals surface area contributed by atoms with Crippen molar-refractivity contribution in [3.63, 3.8) is 0 Å². The number of hydrogen-bond donors (Lipinski definition) is 1. The van der Waals surface area contributed by atoms with E-state index in [0.717, 1.165) is 16.4 Å². The lowest BCUT2D eigenvalue weighted by molar-refractivity contribution is -0.115. The Hall–Kier alpha value is -2.53. The van der Waals surface area contributed by atoms with E-state index in [9.17, 15) is 9.59 Å². The van der Waals surface area contributed by atoms with Gasteiger partial charge in [0, 0.05) is 22.7 Å². The lowest BCUT2D eigenvalue weighted by atomic mass is 10.1. The Labute approximate surface area is 131 Å². The molecule has 3 aromatic rings. The number of hydrogen-bond acceptors (Lipinski definition) is 4. The zero-order valence-corrected chi connectivity index (χ0v) is 12.8. The van der Waals surface area contributed by atoms with Gasteiger partial charge in [-0.3, -0.25) is 4.79 Å². The van der Waals surface area contributed by atoms with Gasteiger partial charge in [-0.25, -0.2) is 4.79 Å². The molecule has 0 aliphatic heterocycles. The Morgan fingerprint density at radius 1 is 1.18 bits per heavy atom. The minimum Gasteiger partial charge on any atom is -0.465 e. The molecular weight excluding hydrogens is 306 g/mol. The molecule has 0 unspecified atom stereocenters. The van der Waals surface area contributed by atoms with Gasteiger partial charge in [0.05, 0.1) is 7.11 Å². The third-order valence-electron chi connectivity index (χ3n) is 2.85. The van der Waals surface area contributed by atoms with E-state index in [4.69, 9.17) is 20.8 Å². The molecule has 0 radical (unpaired) electrons. The standard InChI is InChI=1S/C14H9ClO3.C2H5NO/c1-17-14(16)11-7-8(15)6-10-9-4-2-3-5-12(9)18-13(10)11;1-2(3)4/h2-7H,1H3;1H3,(H2,3,4). The molecular formula is C16H14ClNO4. The number of fused-ring (bicyclic) bond motifs is 3. The predicted molar refractivity (Wildman–Crippen MR) is 84.9 cm³/mol. The van der Waals surface area contributed by atoms with Crippen molar-refractivity contribution in [1.29, 1.82) is 0 Å². The Morgan fingerprint density at radius 2 is 1.82 bits per heavy atom. The second-order valence-corrected chi connectivity index (χ2v) is 4.97. The molecule has 0 atom stereocenters. The molecule has 114 valence electrons. The van der Waals surface area contributed by atoms with Crippen LogP contribution in [0.25, 0.3) is 21.9 Å². The van der Waals surface area contributed by atoms with Crippen LogP contribution in [0.3, 0.4) is 0 Å². The van der Waals surface area contributed by atoms with Crippen molar-refractivity contribution in [3.05, 3.63) is 47.0 Å². The van der Waals surface area contributed by atoms with Crippen molar-refractivity contribution in [3.8, 4) is 0 Å². The van der Waals surface area contributed by atoms with E-state index in [1.165, 1.54) is 14.0 Å². The number of nitrogens with two attached hydrogens (primary N) is 1. The smallest absolute Gasteiger partial charge is 0.341 e. The zero-order chi connectivity index (χ0) is 16.3. The number of primary amides is 1. The first-order chi connectivity index (χ1) is 10.4. The van der Waals surface area contributed by atoms with Crippen LogP contribution < -0.4 is 5.73 Å². The summed E-state index contributed by atoms with van der Waals surface area (Å²) in [6, 6.07) is 10.9. The molecule has 2 N–H and O–H groups in total. The van der Waals surface area contributed by atoms with Crippen molar-refractivity contribution >= 4 is 45.4 Å². The Morgan fingerprint density at radius 3 is 2.45 bits per heavy atom. The van der Waals surface area contributed by atoms with Crippen LogP contribution in [0.2, 0.25) is 5.02 Å². The highest BCUT2D eigenvalue weighted by Gasteiger charge is 2.17. The maximum atomic E-state index is 11.7. The highest BCUT2D eigenvalue weighted by molar-refractivity contribution is 6.32. The maximum absolute atomic E-state index is 11.7. The Balaban J connectivity index is 0.000000396. The number of halogens is 1. The second-order valence-electron chi connectivity index (χ2n) is 4.53. The molecule has 1 heterocycles. The van der Waals surface area contributed by atoms with Crippen LogP contribution in [-0.4, -0.2) is 19.0 Å². The summed E-state index contributed by atoms with van der Waals surface area (Å²) in [5.74, 6) is -0.790. The third kappa shape index (κ3) is 3.20. The van der Waals surface area contributed by atoms with Crippen LogP contribution in [0.1, 0.15) is 17.3 Å². The number of carbonyl (C=O) groups is 2. The second kappa shape index (κ2) is 6.49. The summed E-state index contributed by atoms with van der Waals surface area (Å²) in [7, 11) is 1.33. The fraction of sp³-hybridized carbons (Fsp3) is 0.125. The topological polar surface area (TPSA) is 82.5 Å². The van der Waals surface area contributed by atoms with Crippen molar-refractivity contribution in [2.45, 2.75) is 6.92 Å². The molecule has 0 spiro atoms. The van der Waals surface area contributed by atoms with E-state index >= 15 is 0 Å². The number of rotatable bonds is 1. The summed E-state index contributed by atoms with van der Waals surface area (Å²) in [6.45, 7) is 1.31. The summed E-state index contributed by atoms with van der Waals surface area (Å²) in [5.41, 5.74) is 6.04. The molecule has 1 amide bonds. The highest BCUT2D eigenvalue weighted by atomic mass is 35.5. The van der Waals surface area contributed by atoms with Crippen LogP contribution in [0, 0.1) is 0 Å². The largest absolute Gasteiger partial charge is 0.465 e. The average Bonchev–Trinajstić information content (AvgIpc) is 2.83. The van der Waals surface area contributed by atoms with Gasteiger partial charge >= 0.3 is 5.97 Å². The molecule has 3 rings (SSSR count). The van der Waals surface area contributed by atoms with Crippen LogP contribution in [-0.2, 0) is 9.53 Å². The van der Waals surface area contributed by atoms with E-state index in [1.807, 2.05) is 24.3 Å². The van der Waals surface area contributed by atoms with Gasteiger partial charge in [0.15, 0.2) is 0 Å². The molecule has 0 aliphatic rings. The molecule has 6 heteroatoms. The molecule has 0 fully saturated rings. The number of esters is 1. The molecule has 1 aromatic heterocycles. The summed E-state index contributed by atoms with van der Waals surface area (Å²) < 4.78 is 10.4. The highest BCUT2D eigenvalue weighted by Crippen LogP contribution is 2.33. The molecule has 2 aromatic carbocycles. The van der Waals surface area contributed by atoms with Crippen molar-refractivity contribution in [2.24, 2.45) is 5.73 Å².